The Bertz CT molecular complexity index is 103. The molecule has 2 atom stereocenters. The van der Waals surface area contributed by atoms with Crippen LogP contribution >= 0.6 is 11.8 Å². The summed E-state index contributed by atoms with van der Waals surface area (Å²) in [6.07, 6.45) is 1.46. The molecule has 2 bridgehead atoms. The molecule has 2 aliphatic heterocycles. The second-order valence-corrected chi connectivity index (χ2v) is 4.12. The molecule has 2 aliphatic rings. The summed E-state index contributed by atoms with van der Waals surface area (Å²) >= 11 is 2.15. The number of likely N-dealkylation sites (tertiary alicyclic amines) is 1. The third kappa shape index (κ3) is 0.594. The van der Waals surface area contributed by atoms with Gasteiger partial charge in [0.2, 0.25) is 0 Å². The summed E-state index contributed by atoms with van der Waals surface area (Å²) in [5, 5.41) is 0.991. The van der Waals surface area contributed by atoms with E-state index in [1.54, 1.807) is 0 Å². The van der Waals surface area contributed by atoms with Crippen molar-refractivity contribution in [2.75, 3.05) is 19.3 Å². The summed E-state index contributed by atoms with van der Waals surface area (Å²) in [5.74, 6) is 1.39. The van der Waals surface area contributed by atoms with Crippen LogP contribution < -0.4 is 0 Å². The first-order chi connectivity index (χ1) is 3.86. The number of hydrogen-bond donors (Lipinski definition) is 0. The first-order valence-corrected chi connectivity index (χ1v) is 4.23. The Morgan fingerprint density at radius 3 is 2.75 bits per heavy atom. The molecule has 0 aliphatic carbocycles. The maximum atomic E-state index is 2.49. The van der Waals surface area contributed by atoms with E-state index in [1.165, 1.54) is 18.7 Å². The van der Waals surface area contributed by atoms with Crippen molar-refractivity contribution < 1.29 is 0 Å². The van der Waals surface area contributed by atoms with Gasteiger partial charge in [0.25, 0.3) is 0 Å². The molecule has 0 radical (unpaired) electrons. The lowest BCUT2D eigenvalue weighted by Gasteiger charge is -2.20. The third-order valence-electron chi connectivity index (χ3n) is 2.17. The first kappa shape index (κ1) is 5.12. The van der Waals surface area contributed by atoms with Gasteiger partial charge in [-0.2, -0.15) is 11.8 Å². The Kier molecular flexibility index (Phi) is 1.05. The minimum absolute atomic E-state index is 0.935. The molecule has 0 aromatic rings. The molecule has 2 rings (SSSR count). The van der Waals surface area contributed by atoms with Gasteiger partial charge in [-0.25, -0.2) is 0 Å². The molecule has 46 valence electrons. The topological polar surface area (TPSA) is 3.24 Å². The van der Waals surface area contributed by atoms with Crippen LogP contribution in [0.2, 0.25) is 0 Å². The fraction of sp³-hybridized carbons (Fsp3) is 1.00. The lowest BCUT2D eigenvalue weighted by Crippen LogP contribution is -2.29. The van der Waals surface area contributed by atoms with E-state index in [1.807, 2.05) is 0 Å². The van der Waals surface area contributed by atoms with Gasteiger partial charge in [-0.15, -0.1) is 0 Å². The zero-order chi connectivity index (χ0) is 5.56. The highest BCUT2D eigenvalue weighted by Gasteiger charge is 2.35. The van der Waals surface area contributed by atoms with Crippen LogP contribution in [0.25, 0.3) is 0 Å². The van der Waals surface area contributed by atoms with Gasteiger partial charge >= 0.3 is 0 Å². The van der Waals surface area contributed by atoms with E-state index in [0.29, 0.717) is 0 Å². The Morgan fingerprint density at radius 2 is 2.50 bits per heavy atom. The van der Waals surface area contributed by atoms with Gasteiger partial charge in [0, 0.05) is 23.6 Å². The predicted molar refractivity (Wildman–Crippen MR) is 37.3 cm³/mol. The highest BCUT2D eigenvalue weighted by molar-refractivity contribution is 8.00. The van der Waals surface area contributed by atoms with Gasteiger partial charge in [-0.1, -0.05) is 0 Å². The predicted octanol–water partition coefficient (Wildman–Crippen LogP) is 0.806. The third-order valence-corrected chi connectivity index (χ3v) is 3.56. The summed E-state index contributed by atoms with van der Waals surface area (Å²) in [7, 11) is 2.24. The van der Waals surface area contributed by atoms with Gasteiger partial charge in [0.15, 0.2) is 0 Å². The van der Waals surface area contributed by atoms with Crippen molar-refractivity contribution in [3.8, 4) is 0 Å². The van der Waals surface area contributed by atoms with Crippen LogP contribution in [0.4, 0.5) is 0 Å². The maximum Gasteiger partial charge on any atom is 0.0194 e. The zero-order valence-corrected chi connectivity index (χ0v) is 5.95. The Balaban J connectivity index is 2.11. The average Bonchev–Trinajstić information content (AvgIpc) is 2.23. The molecule has 2 heteroatoms. The lowest BCUT2D eigenvalue weighted by molar-refractivity contribution is 0.332. The maximum absolute atomic E-state index is 2.49. The van der Waals surface area contributed by atoms with E-state index >= 15 is 0 Å². The number of hydrogen-bond acceptors (Lipinski definition) is 2. The van der Waals surface area contributed by atoms with Crippen LogP contribution in [-0.4, -0.2) is 35.5 Å². The van der Waals surface area contributed by atoms with Crippen molar-refractivity contribution in [1.82, 2.24) is 4.90 Å². The van der Waals surface area contributed by atoms with Crippen LogP contribution in [0.1, 0.15) is 6.42 Å². The molecular formula is C6H11NS. The smallest absolute Gasteiger partial charge is 0.0194 e. The summed E-state index contributed by atoms with van der Waals surface area (Å²) in [4.78, 5) is 2.49. The Morgan fingerprint density at radius 1 is 1.62 bits per heavy atom. The van der Waals surface area contributed by atoms with E-state index in [0.717, 1.165) is 11.3 Å². The van der Waals surface area contributed by atoms with Crippen molar-refractivity contribution in [2.45, 2.75) is 17.7 Å². The largest absolute Gasteiger partial charge is 0.301 e. The highest BCUT2D eigenvalue weighted by atomic mass is 32.2. The van der Waals surface area contributed by atoms with Gasteiger partial charge in [-0.3, -0.25) is 0 Å². The van der Waals surface area contributed by atoms with Crippen LogP contribution in [0.5, 0.6) is 0 Å². The van der Waals surface area contributed by atoms with E-state index in [4.69, 9.17) is 0 Å². The Hall–Kier alpha value is 0.310. The van der Waals surface area contributed by atoms with E-state index in [2.05, 4.69) is 23.7 Å². The van der Waals surface area contributed by atoms with Crippen molar-refractivity contribution in [2.24, 2.45) is 0 Å². The van der Waals surface area contributed by atoms with Crippen molar-refractivity contribution in [3.05, 3.63) is 0 Å². The van der Waals surface area contributed by atoms with E-state index in [-0.39, 0.29) is 0 Å². The minimum atomic E-state index is 0.935. The van der Waals surface area contributed by atoms with Gasteiger partial charge in [-0.05, 0) is 13.5 Å². The van der Waals surface area contributed by atoms with Gasteiger partial charge in [0.1, 0.15) is 0 Å². The molecule has 8 heavy (non-hydrogen) atoms. The van der Waals surface area contributed by atoms with Crippen LogP contribution in [0.15, 0.2) is 0 Å². The number of fused-ring (bicyclic) bond motifs is 2. The quantitative estimate of drug-likeness (QED) is 0.476. The normalized spacial score (nSPS) is 46.1. The summed E-state index contributed by atoms with van der Waals surface area (Å²) < 4.78 is 0. The zero-order valence-electron chi connectivity index (χ0n) is 5.13. The summed E-state index contributed by atoms with van der Waals surface area (Å²) in [6.45, 7) is 1.34. The van der Waals surface area contributed by atoms with Crippen molar-refractivity contribution in [1.29, 1.82) is 0 Å². The second kappa shape index (κ2) is 1.64. The monoisotopic (exact) mass is 129 g/mol. The van der Waals surface area contributed by atoms with Crippen LogP contribution in [-0.2, 0) is 0 Å². The fourth-order valence-corrected chi connectivity index (χ4v) is 3.18. The van der Waals surface area contributed by atoms with Gasteiger partial charge in [0.05, 0.1) is 0 Å². The Labute approximate surface area is 54.4 Å². The van der Waals surface area contributed by atoms with Crippen molar-refractivity contribution >= 4 is 11.8 Å². The molecule has 0 aromatic carbocycles. The number of nitrogens with zero attached hydrogens (tertiary/aromatic N) is 1. The molecule has 2 saturated heterocycles. The summed E-state index contributed by atoms with van der Waals surface area (Å²) in [6, 6.07) is 0.935. The molecule has 0 aromatic heterocycles. The molecule has 2 heterocycles. The number of thioether (sulfide) groups is 1. The van der Waals surface area contributed by atoms with Crippen LogP contribution in [0, 0.1) is 0 Å². The van der Waals surface area contributed by atoms with Gasteiger partial charge < -0.3 is 4.90 Å². The summed E-state index contributed by atoms with van der Waals surface area (Å²) in [5.41, 5.74) is 0. The second-order valence-electron chi connectivity index (χ2n) is 2.78. The standard InChI is InChI=1S/C6H11NS/c1-7-3-6-2-5(7)4-8-6/h5-6H,2-4H2,1H3/t5?,6-/m1/s1. The fourth-order valence-electron chi connectivity index (χ4n) is 1.59. The molecule has 0 N–H and O–H groups in total. The first-order valence-electron chi connectivity index (χ1n) is 3.18. The highest BCUT2D eigenvalue weighted by Crippen LogP contribution is 2.35. The van der Waals surface area contributed by atoms with Crippen molar-refractivity contribution in [3.63, 3.8) is 0 Å². The number of rotatable bonds is 0. The van der Waals surface area contributed by atoms with E-state index in [9.17, 15) is 0 Å². The SMILES string of the molecule is CN1C[C@H]2CC1CS2. The van der Waals surface area contributed by atoms with E-state index < -0.39 is 0 Å². The molecule has 2 fully saturated rings. The molecule has 0 amide bonds. The molecular weight excluding hydrogens is 118 g/mol. The average molecular weight is 129 g/mol. The molecule has 1 unspecified atom stereocenters. The van der Waals surface area contributed by atoms with Crippen LogP contribution in [0.3, 0.4) is 0 Å². The molecule has 0 saturated carbocycles. The molecule has 1 nitrogen and oxygen atoms in total. The lowest BCUT2D eigenvalue weighted by atomic mass is 10.2. The minimum Gasteiger partial charge on any atom is -0.301 e. The molecule has 0 spiro atoms.